The average molecular weight is 381 g/mol. The summed E-state index contributed by atoms with van der Waals surface area (Å²) >= 11 is 0. The van der Waals surface area contributed by atoms with Crippen LogP contribution in [0.15, 0.2) is 84.9 Å². The SMILES string of the molecule is c1ccc(C[C@@H]2COc3ccc(OCc4ccc5ccccc5n4)cc3C2)cc1. The van der Waals surface area contributed by atoms with Gasteiger partial charge in [0.15, 0.2) is 0 Å². The van der Waals surface area contributed by atoms with E-state index in [0.29, 0.717) is 12.5 Å². The lowest BCUT2D eigenvalue weighted by molar-refractivity contribution is 0.220. The van der Waals surface area contributed by atoms with Gasteiger partial charge in [-0.3, -0.25) is 0 Å². The Labute approximate surface area is 170 Å². The minimum absolute atomic E-state index is 0.456. The number of para-hydroxylation sites is 1. The second-order valence-electron chi connectivity index (χ2n) is 7.62. The Kier molecular flexibility index (Phi) is 4.87. The van der Waals surface area contributed by atoms with Crippen molar-refractivity contribution in [2.45, 2.75) is 19.4 Å². The van der Waals surface area contributed by atoms with Crippen LogP contribution in [0.3, 0.4) is 0 Å². The highest BCUT2D eigenvalue weighted by Gasteiger charge is 2.20. The zero-order chi connectivity index (χ0) is 19.5. The average Bonchev–Trinajstić information content (AvgIpc) is 2.78. The first-order chi connectivity index (χ1) is 14.3. The molecule has 1 aliphatic rings. The Balaban J connectivity index is 1.27. The molecule has 2 heterocycles. The largest absolute Gasteiger partial charge is 0.493 e. The molecular weight excluding hydrogens is 358 g/mol. The van der Waals surface area contributed by atoms with Crippen molar-refractivity contribution in [3.8, 4) is 11.5 Å². The lowest BCUT2D eigenvalue weighted by Crippen LogP contribution is -2.22. The molecule has 0 fully saturated rings. The lowest BCUT2D eigenvalue weighted by Gasteiger charge is -2.26. The third-order valence-corrected chi connectivity index (χ3v) is 5.43. The van der Waals surface area contributed by atoms with Crippen LogP contribution in [-0.2, 0) is 19.4 Å². The van der Waals surface area contributed by atoms with Crippen LogP contribution in [0, 0.1) is 5.92 Å². The van der Waals surface area contributed by atoms with Gasteiger partial charge in [0.2, 0.25) is 0 Å². The van der Waals surface area contributed by atoms with Gasteiger partial charge in [-0.05, 0) is 54.3 Å². The smallest absolute Gasteiger partial charge is 0.130 e. The van der Waals surface area contributed by atoms with Crippen molar-refractivity contribution in [1.29, 1.82) is 0 Å². The number of benzene rings is 3. The maximum Gasteiger partial charge on any atom is 0.130 e. The number of rotatable bonds is 5. The van der Waals surface area contributed by atoms with Crippen LogP contribution in [0.1, 0.15) is 16.8 Å². The summed E-state index contributed by atoms with van der Waals surface area (Å²) in [5, 5.41) is 1.15. The van der Waals surface area contributed by atoms with E-state index in [2.05, 4.69) is 53.5 Å². The summed E-state index contributed by atoms with van der Waals surface area (Å²) in [4.78, 5) is 4.69. The van der Waals surface area contributed by atoms with E-state index in [9.17, 15) is 0 Å². The summed E-state index contributed by atoms with van der Waals surface area (Å²) in [6, 6.07) is 29.0. The second kappa shape index (κ2) is 7.96. The summed E-state index contributed by atoms with van der Waals surface area (Å²) in [6.07, 6.45) is 2.04. The number of hydrogen-bond donors (Lipinski definition) is 0. The first-order valence-electron chi connectivity index (χ1n) is 10.1. The maximum absolute atomic E-state index is 6.04. The van der Waals surface area contributed by atoms with Gasteiger partial charge in [-0.2, -0.15) is 0 Å². The monoisotopic (exact) mass is 381 g/mol. The van der Waals surface area contributed by atoms with Crippen molar-refractivity contribution >= 4 is 10.9 Å². The van der Waals surface area contributed by atoms with Crippen LogP contribution < -0.4 is 9.47 Å². The summed E-state index contributed by atoms with van der Waals surface area (Å²) in [5.41, 5.74) is 4.51. The third kappa shape index (κ3) is 4.09. The third-order valence-electron chi connectivity index (χ3n) is 5.43. The van der Waals surface area contributed by atoms with Crippen LogP contribution in [0.4, 0.5) is 0 Å². The molecule has 0 aliphatic carbocycles. The molecule has 0 saturated heterocycles. The van der Waals surface area contributed by atoms with Crippen molar-refractivity contribution in [3.05, 3.63) is 102 Å². The Morgan fingerprint density at radius 2 is 1.76 bits per heavy atom. The minimum Gasteiger partial charge on any atom is -0.493 e. The van der Waals surface area contributed by atoms with E-state index < -0.39 is 0 Å². The predicted molar refractivity (Wildman–Crippen MR) is 115 cm³/mol. The highest BCUT2D eigenvalue weighted by Crippen LogP contribution is 2.32. The number of fused-ring (bicyclic) bond motifs is 2. The van der Waals surface area contributed by atoms with Gasteiger partial charge in [0.05, 0.1) is 17.8 Å². The molecule has 0 saturated carbocycles. The second-order valence-corrected chi connectivity index (χ2v) is 7.62. The van der Waals surface area contributed by atoms with Crippen molar-refractivity contribution < 1.29 is 9.47 Å². The highest BCUT2D eigenvalue weighted by atomic mass is 16.5. The van der Waals surface area contributed by atoms with Crippen LogP contribution in [0.5, 0.6) is 11.5 Å². The highest BCUT2D eigenvalue weighted by molar-refractivity contribution is 5.78. The molecule has 3 nitrogen and oxygen atoms in total. The Morgan fingerprint density at radius 1 is 0.897 bits per heavy atom. The summed E-state index contributed by atoms with van der Waals surface area (Å²) in [7, 11) is 0. The van der Waals surface area contributed by atoms with Crippen LogP contribution in [-0.4, -0.2) is 11.6 Å². The zero-order valence-electron chi connectivity index (χ0n) is 16.3. The normalized spacial score (nSPS) is 15.5. The molecule has 0 amide bonds. The number of ether oxygens (including phenoxy) is 2. The van der Waals surface area contributed by atoms with E-state index in [4.69, 9.17) is 9.47 Å². The molecule has 0 N–H and O–H groups in total. The molecule has 0 bridgehead atoms. The van der Waals surface area contributed by atoms with Gasteiger partial charge in [0.1, 0.15) is 18.1 Å². The maximum atomic E-state index is 6.04. The van der Waals surface area contributed by atoms with E-state index in [1.54, 1.807) is 0 Å². The van der Waals surface area contributed by atoms with E-state index in [1.807, 2.05) is 36.4 Å². The van der Waals surface area contributed by atoms with Gasteiger partial charge in [0, 0.05) is 11.3 Å². The van der Waals surface area contributed by atoms with Gasteiger partial charge in [0.25, 0.3) is 0 Å². The van der Waals surface area contributed by atoms with Crippen molar-refractivity contribution in [2.24, 2.45) is 5.92 Å². The molecule has 144 valence electrons. The number of pyridine rings is 1. The van der Waals surface area contributed by atoms with E-state index in [1.165, 1.54) is 11.1 Å². The predicted octanol–water partition coefficient (Wildman–Crippen LogP) is 5.61. The molecule has 1 aliphatic heterocycles. The number of aromatic nitrogens is 1. The minimum atomic E-state index is 0.456. The fourth-order valence-corrected chi connectivity index (χ4v) is 3.95. The van der Waals surface area contributed by atoms with Crippen molar-refractivity contribution in [2.75, 3.05) is 6.61 Å². The van der Waals surface area contributed by atoms with Gasteiger partial charge in [-0.15, -0.1) is 0 Å². The first-order valence-corrected chi connectivity index (χ1v) is 10.1. The fraction of sp³-hybridized carbons (Fsp3) is 0.192. The molecule has 3 aromatic carbocycles. The number of hydrogen-bond acceptors (Lipinski definition) is 3. The first kappa shape index (κ1) is 17.7. The summed E-state index contributed by atoms with van der Waals surface area (Å²) in [6.45, 7) is 1.22. The van der Waals surface area contributed by atoms with Gasteiger partial charge < -0.3 is 9.47 Å². The molecule has 3 heteroatoms. The Morgan fingerprint density at radius 3 is 2.69 bits per heavy atom. The molecule has 0 spiro atoms. The fourth-order valence-electron chi connectivity index (χ4n) is 3.95. The Bertz CT molecular complexity index is 1120. The molecular formula is C26H23NO2. The lowest BCUT2D eigenvalue weighted by atomic mass is 9.91. The molecule has 1 atom stereocenters. The Hall–Kier alpha value is -3.33. The van der Waals surface area contributed by atoms with Crippen molar-refractivity contribution in [1.82, 2.24) is 4.98 Å². The zero-order valence-corrected chi connectivity index (χ0v) is 16.3. The van der Waals surface area contributed by atoms with Crippen molar-refractivity contribution in [3.63, 3.8) is 0 Å². The quantitative estimate of drug-likeness (QED) is 0.450. The van der Waals surface area contributed by atoms with E-state index in [0.717, 1.165) is 47.5 Å². The molecule has 0 unspecified atom stereocenters. The van der Waals surface area contributed by atoms with E-state index in [-0.39, 0.29) is 0 Å². The van der Waals surface area contributed by atoms with Crippen LogP contribution in [0.25, 0.3) is 10.9 Å². The van der Waals surface area contributed by atoms with Gasteiger partial charge in [-0.1, -0.05) is 54.6 Å². The molecule has 5 rings (SSSR count). The van der Waals surface area contributed by atoms with Crippen LogP contribution in [0.2, 0.25) is 0 Å². The van der Waals surface area contributed by atoms with Gasteiger partial charge in [-0.25, -0.2) is 4.98 Å². The molecule has 29 heavy (non-hydrogen) atoms. The molecule has 4 aromatic rings. The summed E-state index contributed by atoms with van der Waals surface area (Å²) in [5.74, 6) is 2.33. The molecule has 0 radical (unpaired) electrons. The van der Waals surface area contributed by atoms with Crippen LogP contribution >= 0.6 is 0 Å². The number of nitrogens with zero attached hydrogens (tertiary/aromatic N) is 1. The standard InChI is InChI=1S/C26H23NO2/c1-2-6-19(7-3-1)14-20-15-22-16-24(12-13-26(22)29-17-20)28-18-23-11-10-21-8-4-5-9-25(21)27-23/h1-13,16,20H,14-15,17-18H2/t20-/m0/s1. The molecule has 1 aromatic heterocycles. The summed E-state index contributed by atoms with van der Waals surface area (Å²) < 4.78 is 12.0. The van der Waals surface area contributed by atoms with Gasteiger partial charge >= 0.3 is 0 Å². The topological polar surface area (TPSA) is 31.4 Å². The van der Waals surface area contributed by atoms with E-state index >= 15 is 0 Å².